The molecule has 110 valence electrons. The minimum absolute atomic E-state index is 0.258. The van der Waals surface area contributed by atoms with Crippen molar-refractivity contribution in [3.05, 3.63) is 0 Å². The minimum atomic E-state index is 0.258. The molecular formula is C15H29N3O. The smallest absolute Gasteiger partial charge is 0.220 e. The molecule has 4 heteroatoms. The maximum absolute atomic E-state index is 12.0. The number of carbonyl (C=O) groups excluding carboxylic acids is 1. The van der Waals surface area contributed by atoms with Crippen molar-refractivity contribution in [3.63, 3.8) is 0 Å². The van der Waals surface area contributed by atoms with Crippen LogP contribution in [0.4, 0.5) is 0 Å². The molecule has 0 bridgehead atoms. The van der Waals surface area contributed by atoms with Gasteiger partial charge in [0.2, 0.25) is 5.91 Å². The van der Waals surface area contributed by atoms with E-state index in [1.807, 2.05) is 0 Å². The molecule has 0 aromatic heterocycles. The highest BCUT2D eigenvalue weighted by molar-refractivity contribution is 5.76. The largest absolute Gasteiger partial charge is 0.352 e. The highest BCUT2D eigenvalue weighted by Crippen LogP contribution is 2.16. The zero-order valence-electron chi connectivity index (χ0n) is 12.3. The monoisotopic (exact) mass is 267 g/mol. The van der Waals surface area contributed by atoms with Gasteiger partial charge in [0.1, 0.15) is 0 Å². The fourth-order valence-electron chi connectivity index (χ4n) is 3.27. The van der Waals surface area contributed by atoms with E-state index in [2.05, 4.69) is 22.5 Å². The van der Waals surface area contributed by atoms with Crippen molar-refractivity contribution in [3.8, 4) is 0 Å². The lowest BCUT2D eigenvalue weighted by molar-refractivity contribution is -0.122. The van der Waals surface area contributed by atoms with Crippen molar-refractivity contribution >= 4 is 5.91 Å². The first-order valence-corrected chi connectivity index (χ1v) is 8.00. The molecule has 0 aromatic rings. The third-order valence-electron chi connectivity index (χ3n) is 4.50. The molecule has 2 N–H and O–H groups in total. The number of piperidine rings is 2. The summed E-state index contributed by atoms with van der Waals surface area (Å²) in [6.45, 7) is 7.77. The number of likely N-dealkylation sites (N-methyl/N-ethyl adjacent to an activating group) is 1. The van der Waals surface area contributed by atoms with Gasteiger partial charge in [-0.25, -0.2) is 0 Å². The van der Waals surface area contributed by atoms with E-state index in [1.54, 1.807) is 0 Å². The summed E-state index contributed by atoms with van der Waals surface area (Å²) in [7, 11) is 0. The summed E-state index contributed by atoms with van der Waals surface area (Å²) in [5.74, 6) is 0.964. The van der Waals surface area contributed by atoms with Gasteiger partial charge in [-0.1, -0.05) is 6.92 Å². The van der Waals surface area contributed by atoms with Crippen LogP contribution in [0.5, 0.6) is 0 Å². The van der Waals surface area contributed by atoms with Crippen LogP contribution >= 0.6 is 0 Å². The number of hydrogen-bond acceptors (Lipinski definition) is 3. The average Bonchev–Trinajstić information content (AvgIpc) is 2.46. The van der Waals surface area contributed by atoms with Crippen molar-refractivity contribution < 1.29 is 4.79 Å². The van der Waals surface area contributed by atoms with Gasteiger partial charge in [0.25, 0.3) is 0 Å². The predicted octanol–water partition coefficient (Wildman–Crippen LogP) is 1.37. The third-order valence-corrected chi connectivity index (χ3v) is 4.50. The van der Waals surface area contributed by atoms with E-state index in [-0.39, 0.29) is 5.91 Å². The molecule has 2 aliphatic heterocycles. The van der Waals surface area contributed by atoms with E-state index in [0.717, 1.165) is 39.0 Å². The molecule has 0 spiro atoms. The highest BCUT2D eigenvalue weighted by atomic mass is 16.1. The third kappa shape index (κ3) is 5.11. The van der Waals surface area contributed by atoms with Crippen LogP contribution in [-0.4, -0.2) is 49.6 Å². The van der Waals surface area contributed by atoms with E-state index < -0.39 is 0 Å². The summed E-state index contributed by atoms with van der Waals surface area (Å²) < 4.78 is 0. The van der Waals surface area contributed by atoms with Crippen molar-refractivity contribution in [1.29, 1.82) is 0 Å². The Morgan fingerprint density at radius 3 is 3.00 bits per heavy atom. The Kier molecular flexibility index (Phi) is 6.11. The van der Waals surface area contributed by atoms with Gasteiger partial charge in [0.05, 0.1) is 0 Å². The van der Waals surface area contributed by atoms with E-state index in [1.165, 1.54) is 25.8 Å². The van der Waals surface area contributed by atoms with Crippen LogP contribution in [0.15, 0.2) is 0 Å². The molecule has 1 amide bonds. The molecule has 0 aromatic carbocycles. The maximum Gasteiger partial charge on any atom is 0.220 e. The lowest BCUT2D eigenvalue weighted by Gasteiger charge is -2.32. The zero-order chi connectivity index (χ0) is 13.5. The summed E-state index contributed by atoms with van der Waals surface area (Å²) in [4.78, 5) is 14.4. The number of nitrogens with one attached hydrogen (secondary N) is 2. The van der Waals surface area contributed by atoms with Gasteiger partial charge in [-0.3, -0.25) is 4.79 Å². The first kappa shape index (κ1) is 14.8. The summed E-state index contributed by atoms with van der Waals surface area (Å²) in [6.07, 6.45) is 6.66. The molecule has 2 saturated heterocycles. The average molecular weight is 267 g/mol. The van der Waals surface area contributed by atoms with E-state index in [9.17, 15) is 4.79 Å². The van der Waals surface area contributed by atoms with Gasteiger partial charge in [-0.2, -0.15) is 0 Å². The Labute approximate surface area is 117 Å². The molecule has 4 nitrogen and oxygen atoms in total. The van der Waals surface area contributed by atoms with Gasteiger partial charge < -0.3 is 15.5 Å². The quantitative estimate of drug-likeness (QED) is 0.791. The lowest BCUT2D eigenvalue weighted by Crippen LogP contribution is -2.47. The topological polar surface area (TPSA) is 44.4 Å². The van der Waals surface area contributed by atoms with E-state index in [4.69, 9.17) is 0 Å². The SMILES string of the molecule is CCN1CCCC(NC(=O)CCC2CCCNC2)C1. The maximum atomic E-state index is 12.0. The second-order valence-corrected chi connectivity index (χ2v) is 6.05. The zero-order valence-corrected chi connectivity index (χ0v) is 12.3. The van der Waals surface area contributed by atoms with Crippen molar-refractivity contribution in [2.75, 3.05) is 32.7 Å². The molecule has 2 atom stereocenters. The number of carbonyl (C=O) groups is 1. The van der Waals surface area contributed by atoms with Crippen LogP contribution in [0.1, 0.15) is 45.4 Å². The Morgan fingerprint density at radius 1 is 1.37 bits per heavy atom. The molecule has 2 heterocycles. The van der Waals surface area contributed by atoms with Crippen molar-refractivity contribution in [2.24, 2.45) is 5.92 Å². The van der Waals surface area contributed by atoms with Crippen LogP contribution in [-0.2, 0) is 4.79 Å². The van der Waals surface area contributed by atoms with Crippen LogP contribution in [0.2, 0.25) is 0 Å². The summed E-state index contributed by atoms with van der Waals surface area (Å²) in [6, 6.07) is 0.380. The first-order valence-electron chi connectivity index (χ1n) is 8.00. The Hall–Kier alpha value is -0.610. The standard InChI is InChI=1S/C15H29N3O/c1-2-18-10-4-6-14(12-18)17-15(19)8-7-13-5-3-9-16-11-13/h13-14,16H,2-12H2,1H3,(H,17,19). The number of hydrogen-bond donors (Lipinski definition) is 2. The fourth-order valence-corrected chi connectivity index (χ4v) is 3.27. The van der Waals surface area contributed by atoms with Gasteiger partial charge in [-0.15, -0.1) is 0 Å². The molecule has 0 saturated carbocycles. The lowest BCUT2D eigenvalue weighted by atomic mass is 9.94. The van der Waals surface area contributed by atoms with Crippen molar-refractivity contribution in [1.82, 2.24) is 15.5 Å². The number of amides is 1. The summed E-state index contributed by atoms with van der Waals surface area (Å²) in [5.41, 5.74) is 0. The van der Waals surface area contributed by atoms with Crippen LogP contribution in [0, 0.1) is 5.92 Å². The first-order chi connectivity index (χ1) is 9.28. The molecule has 0 radical (unpaired) electrons. The van der Waals surface area contributed by atoms with Crippen LogP contribution in [0.3, 0.4) is 0 Å². The number of rotatable bonds is 5. The predicted molar refractivity (Wildman–Crippen MR) is 78.1 cm³/mol. The normalized spacial score (nSPS) is 29.1. The highest BCUT2D eigenvalue weighted by Gasteiger charge is 2.21. The molecular weight excluding hydrogens is 238 g/mol. The fraction of sp³-hybridized carbons (Fsp3) is 0.933. The minimum Gasteiger partial charge on any atom is -0.352 e. The van der Waals surface area contributed by atoms with Gasteiger partial charge in [-0.05, 0) is 64.2 Å². The molecule has 0 aliphatic carbocycles. The molecule has 2 rings (SSSR count). The molecule has 19 heavy (non-hydrogen) atoms. The second kappa shape index (κ2) is 7.85. The molecule has 2 aliphatic rings. The van der Waals surface area contributed by atoms with Gasteiger partial charge >= 0.3 is 0 Å². The summed E-state index contributed by atoms with van der Waals surface area (Å²) >= 11 is 0. The van der Waals surface area contributed by atoms with E-state index >= 15 is 0 Å². The van der Waals surface area contributed by atoms with Crippen molar-refractivity contribution in [2.45, 2.75) is 51.5 Å². The van der Waals surface area contributed by atoms with E-state index in [0.29, 0.717) is 18.4 Å². The number of nitrogens with zero attached hydrogens (tertiary/aromatic N) is 1. The Morgan fingerprint density at radius 2 is 2.26 bits per heavy atom. The Bertz CT molecular complexity index is 277. The van der Waals surface area contributed by atoms with Crippen LogP contribution < -0.4 is 10.6 Å². The van der Waals surface area contributed by atoms with Gasteiger partial charge in [0.15, 0.2) is 0 Å². The number of likely N-dealkylation sites (tertiary alicyclic amines) is 1. The second-order valence-electron chi connectivity index (χ2n) is 6.05. The molecule has 2 unspecified atom stereocenters. The molecule has 2 fully saturated rings. The van der Waals surface area contributed by atoms with Gasteiger partial charge in [0, 0.05) is 19.0 Å². The summed E-state index contributed by atoms with van der Waals surface area (Å²) in [5, 5.41) is 6.64. The van der Waals surface area contributed by atoms with Crippen LogP contribution in [0.25, 0.3) is 0 Å². The Balaban J connectivity index is 1.63.